The minimum Gasteiger partial charge on any atom is 0.316 e. The standard InChI is InChI=1S/FH.Mg.Na.H4O4Si.2H/c;;;1-5(2,3)4;;/h1H;;;1-4H;;/q;;+1;;;/p-1. The number of hydrogen-bond acceptors (Lipinski definition) is 4. The molecule has 4 N–H and O–H groups in total. The van der Waals surface area contributed by atoms with Crippen LogP contribution in [0.1, 0.15) is 0 Å². The summed E-state index contributed by atoms with van der Waals surface area (Å²) in [6.45, 7) is 0. The van der Waals surface area contributed by atoms with Gasteiger partial charge in [-0.15, -0.1) is 0 Å². The molecule has 0 aromatic heterocycles. The molecule has 0 aromatic rings. The zero-order chi connectivity index (χ0) is 6.50. The number of hydrogen-bond donors (Lipinski definition) is 4. The number of halogens is 1. The maximum Gasteiger partial charge on any atom is 0.316 e. The Bertz CT molecular complexity index is 31.5. The van der Waals surface area contributed by atoms with Crippen molar-refractivity contribution in [2.75, 3.05) is 0 Å². The predicted molar refractivity (Wildman–Crippen MR) is 30.0 cm³/mol. The first kappa shape index (κ1) is 16.4. The molecular formula is H6FMgNaO4Si. The second kappa shape index (κ2) is 8.75. The van der Waals surface area contributed by atoms with Crippen molar-refractivity contribution in [1.82, 2.24) is 0 Å². The van der Waals surface area contributed by atoms with E-state index in [2.05, 4.69) is 0 Å². The van der Waals surface area contributed by atoms with E-state index in [4.69, 9.17) is 19.2 Å². The molecule has 0 aliphatic heterocycles. The Hall–Kier alpha value is 1.75. The Morgan fingerprint density at radius 1 is 1.00 bits per heavy atom. The normalized spacial score (nSPS) is 8.38. The zero-order valence-electron chi connectivity index (χ0n) is 3.67. The van der Waals surface area contributed by atoms with E-state index in [-0.39, 0.29) is 51.6 Å². The molecule has 0 aliphatic carbocycles. The summed E-state index contributed by atoms with van der Waals surface area (Å²) in [5.41, 5.74) is 0. The van der Waals surface area contributed by atoms with Crippen molar-refractivity contribution in [2.24, 2.45) is 0 Å². The van der Waals surface area contributed by atoms with Gasteiger partial charge >= 0.3 is 63.0 Å². The van der Waals surface area contributed by atoms with Gasteiger partial charge in [-0.25, -0.2) is 0 Å². The maximum absolute atomic E-state index is 9.64. The molecule has 0 fully saturated rings. The summed E-state index contributed by atoms with van der Waals surface area (Å²) >= 11 is -0.194. The van der Waals surface area contributed by atoms with Gasteiger partial charge in [0.1, 0.15) is 0 Å². The van der Waals surface area contributed by atoms with Crippen LogP contribution in [0, 0.1) is 0 Å². The van der Waals surface area contributed by atoms with E-state index in [1.165, 1.54) is 0 Å². The molecule has 0 heterocycles. The molecule has 4 nitrogen and oxygen atoms in total. The maximum atomic E-state index is 9.64. The van der Waals surface area contributed by atoms with Gasteiger partial charge in [-0.2, -0.15) is 0 Å². The van der Waals surface area contributed by atoms with Crippen LogP contribution >= 0.6 is 0 Å². The minimum atomic E-state index is -4.61. The first-order valence-electron chi connectivity index (χ1n) is 1.27. The first-order valence-corrected chi connectivity index (χ1v) is 3.82. The van der Waals surface area contributed by atoms with Crippen LogP contribution in [0.2, 0.25) is 0 Å². The summed E-state index contributed by atoms with van der Waals surface area (Å²) in [6, 6.07) is 0. The molecule has 0 radical (unpaired) electrons. The third-order valence-electron chi connectivity index (χ3n) is 0. The van der Waals surface area contributed by atoms with Crippen LogP contribution < -0.4 is 0 Å². The van der Waals surface area contributed by atoms with Gasteiger partial charge in [0, 0.05) is 0 Å². The first-order chi connectivity index (χ1) is 3.00. The van der Waals surface area contributed by atoms with Gasteiger partial charge < -0.3 is 19.2 Å². The average molecular weight is 164 g/mol. The van der Waals surface area contributed by atoms with Gasteiger partial charge in [-0.1, -0.05) is 0 Å². The molecule has 0 saturated carbocycles. The van der Waals surface area contributed by atoms with Gasteiger partial charge in [0.2, 0.25) is 0 Å². The molecular weight excluding hydrogens is 158 g/mol. The van der Waals surface area contributed by atoms with Crippen LogP contribution in [-0.2, 0) is 0 Å². The molecule has 0 rings (SSSR count). The largest absolute Gasteiger partial charge is 0.316 e. The molecule has 0 bridgehead atoms. The number of rotatable bonds is 0. The van der Waals surface area contributed by atoms with E-state index in [0.717, 1.165) is 0 Å². The topological polar surface area (TPSA) is 80.9 Å². The fourth-order valence-electron chi connectivity index (χ4n) is 0. The molecule has 8 heavy (non-hydrogen) atoms. The summed E-state index contributed by atoms with van der Waals surface area (Å²) in [5, 5.41) is 0. The predicted octanol–water partition coefficient (Wildman–Crippen LogP) is -3.49. The molecule has 0 aromatic carbocycles. The van der Waals surface area contributed by atoms with Crippen molar-refractivity contribution in [3.05, 3.63) is 0 Å². The van der Waals surface area contributed by atoms with Crippen molar-refractivity contribution in [3.63, 3.8) is 0 Å². The fraction of sp³-hybridized carbons (Fsp3) is 0. The van der Waals surface area contributed by atoms with E-state index in [1.54, 1.807) is 0 Å². The molecule has 8 heteroatoms. The van der Waals surface area contributed by atoms with Crippen LogP contribution in [0.5, 0.6) is 0 Å². The van der Waals surface area contributed by atoms with Crippen molar-refractivity contribution >= 4 is 60.7 Å². The average Bonchev–Trinajstić information content (AvgIpc) is 1.36. The van der Waals surface area contributed by atoms with E-state index in [1.807, 2.05) is 0 Å². The van der Waals surface area contributed by atoms with Gasteiger partial charge in [-0.3, -0.25) is 0 Å². The van der Waals surface area contributed by atoms with Crippen molar-refractivity contribution in [3.8, 4) is 0 Å². The van der Waals surface area contributed by atoms with E-state index in [0.29, 0.717) is 0 Å². The van der Waals surface area contributed by atoms with Crippen molar-refractivity contribution in [1.29, 1.82) is 0 Å². The summed E-state index contributed by atoms with van der Waals surface area (Å²) in [4.78, 5) is 29.3. The van der Waals surface area contributed by atoms with E-state index < -0.39 is 9.05 Å². The third kappa shape index (κ3) is 115. The SMILES string of the molecule is O[Si](O)(O)O.[F][Na].[MgH2]. The Morgan fingerprint density at radius 2 is 1.00 bits per heavy atom. The Labute approximate surface area is 81.4 Å². The van der Waals surface area contributed by atoms with Crippen molar-refractivity contribution < 1.29 is 21.5 Å². The Kier molecular flexibility index (Phi) is 17.9. The monoisotopic (exact) mass is 164 g/mol. The van der Waals surface area contributed by atoms with Crippen LogP contribution in [0.3, 0.4) is 0 Å². The van der Waals surface area contributed by atoms with Crippen molar-refractivity contribution in [2.45, 2.75) is 0 Å². The second-order valence-electron chi connectivity index (χ2n) is 0.600. The van der Waals surface area contributed by atoms with E-state index >= 15 is 0 Å². The molecule has 0 unspecified atom stereocenters. The van der Waals surface area contributed by atoms with Crippen LogP contribution in [0.4, 0.5) is 2.27 Å². The fourth-order valence-corrected chi connectivity index (χ4v) is 0. The summed E-state index contributed by atoms with van der Waals surface area (Å²) < 4.78 is 9.64. The minimum absolute atomic E-state index is 0. The zero-order valence-corrected chi connectivity index (χ0v) is 6.67. The molecule has 0 saturated heterocycles. The molecule has 0 spiro atoms. The van der Waals surface area contributed by atoms with Crippen LogP contribution in [-0.4, -0.2) is 79.9 Å². The molecule has 0 aliphatic rings. The Balaban J connectivity index is -0.0000000750. The van der Waals surface area contributed by atoms with E-state index in [9.17, 15) is 2.27 Å². The summed E-state index contributed by atoms with van der Waals surface area (Å²) in [5.74, 6) is 0. The second-order valence-corrected chi connectivity index (χ2v) is 1.80. The molecule has 0 atom stereocenters. The van der Waals surface area contributed by atoms with Gasteiger partial charge in [0.05, 0.1) is 0 Å². The molecule has 0 amide bonds. The van der Waals surface area contributed by atoms with Gasteiger partial charge in [-0.05, 0) is 0 Å². The van der Waals surface area contributed by atoms with Crippen LogP contribution in [0.15, 0.2) is 0 Å². The molecule has 44 valence electrons. The summed E-state index contributed by atoms with van der Waals surface area (Å²) in [7, 11) is -4.61. The van der Waals surface area contributed by atoms with Crippen LogP contribution in [0.25, 0.3) is 0 Å². The smallest absolute Gasteiger partial charge is 0.316 e. The Morgan fingerprint density at radius 3 is 1.00 bits per heavy atom. The quantitative estimate of drug-likeness (QED) is 0.280. The third-order valence-corrected chi connectivity index (χ3v) is 0. The summed E-state index contributed by atoms with van der Waals surface area (Å²) in [6.07, 6.45) is 0. The van der Waals surface area contributed by atoms with Gasteiger partial charge in [0.25, 0.3) is 0 Å². The van der Waals surface area contributed by atoms with Gasteiger partial charge in [0.15, 0.2) is 0 Å².